The molecule has 0 spiro atoms. The number of halogens is 1. The summed E-state index contributed by atoms with van der Waals surface area (Å²) < 4.78 is 0. The summed E-state index contributed by atoms with van der Waals surface area (Å²) in [7, 11) is 0. The van der Waals surface area contributed by atoms with Gasteiger partial charge in [-0.25, -0.2) is 0 Å². The molecule has 0 bridgehead atoms. The van der Waals surface area contributed by atoms with Gasteiger partial charge in [0.2, 0.25) is 0 Å². The van der Waals surface area contributed by atoms with Crippen molar-refractivity contribution in [3.63, 3.8) is 0 Å². The molecule has 1 fully saturated rings. The predicted molar refractivity (Wildman–Crippen MR) is 89.9 cm³/mol. The Kier molecular flexibility index (Phi) is 10.8. The average Bonchev–Trinajstić information content (AvgIpc) is 2.37. The van der Waals surface area contributed by atoms with Gasteiger partial charge in [-0.3, -0.25) is 4.99 Å². The maximum Gasteiger partial charge on any atom is 0.191 e. The van der Waals surface area contributed by atoms with Crippen molar-refractivity contribution in [2.24, 2.45) is 10.9 Å². The van der Waals surface area contributed by atoms with Crippen LogP contribution in [-0.2, 0) is 0 Å². The van der Waals surface area contributed by atoms with Crippen LogP contribution >= 0.6 is 24.0 Å². The van der Waals surface area contributed by atoms with Crippen LogP contribution in [0.3, 0.4) is 0 Å². The molecule has 1 heterocycles. The van der Waals surface area contributed by atoms with E-state index in [1.807, 2.05) is 0 Å². The SMILES string of the molecule is CCNC(=NCC1CCCN(CC)C1)NCC.I. The van der Waals surface area contributed by atoms with Crippen LogP contribution < -0.4 is 10.6 Å². The van der Waals surface area contributed by atoms with E-state index in [1.54, 1.807) is 0 Å². The van der Waals surface area contributed by atoms with Crippen molar-refractivity contribution in [3.05, 3.63) is 0 Å². The Balaban J connectivity index is 0.00000289. The molecule has 1 unspecified atom stereocenters. The van der Waals surface area contributed by atoms with Crippen LogP contribution in [0.25, 0.3) is 0 Å². The van der Waals surface area contributed by atoms with Crippen molar-refractivity contribution < 1.29 is 0 Å². The number of hydrogen-bond acceptors (Lipinski definition) is 2. The molecule has 0 aromatic carbocycles. The molecule has 5 heteroatoms. The Labute approximate surface area is 129 Å². The first-order chi connectivity index (χ1) is 8.30. The zero-order valence-corrected chi connectivity index (χ0v) is 14.4. The molecule has 1 aliphatic rings. The molecular weight excluding hydrogens is 339 g/mol. The van der Waals surface area contributed by atoms with Gasteiger partial charge in [-0.05, 0) is 45.7 Å². The van der Waals surface area contributed by atoms with Gasteiger partial charge in [0.15, 0.2) is 5.96 Å². The predicted octanol–water partition coefficient (Wildman–Crippen LogP) is 1.91. The molecular formula is C13H29IN4. The van der Waals surface area contributed by atoms with Gasteiger partial charge in [0.05, 0.1) is 0 Å². The highest BCUT2D eigenvalue weighted by Crippen LogP contribution is 2.16. The molecule has 1 aliphatic heterocycles. The van der Waals surface area contributed by atoms with Crippen LogP contribution in [0, 0.1) is 5.92 Å². The normalized spacial score (nSPS) is 19.8. The minimum absolute atomic E-state index is 0. The molecule has 4 nitrogen and oxygen atoms in total. The maximum atomic E-state index is 4.66. The van der Waals surface area contributed by atoms with E-state index < -0.39 is 0 Å². The highest BCUT2D eigenvalue weighted by molar-refractivity contribution is 14.0. The largest absolute Gasteiger partial charge is 0.357 e. The summed E-state index contributed by atoms with van der Waals surface area (Å²) in [6.07, 6.45) is 2.65. The second kappa shape index (κ2) is 10.8. The number of aliphatic imine (C=N–C) groups is 1. The van der Waals surface area contributed by atoms with Gasteiger partial charge in [0, 0.05) is 26.2 Å². The highest BCUT2D eigenvalue weighted by Gasteiger charge is 2.18. The molecule has 1 atom stereocenters. The second-order valence-corrected chi connectivity index (χ2v) is 4.65. The summed E-state index contributed by atoms with van der Waals surface area (Å²) in [5.41, 5.74) is 0. The third-order valence-electron chi connectivity index (χ3n) is 3.25. The summed E-state index contributed by atoms with van der Waals surface area (Å²) in [5.74, 6) is 1.69. The number of rotatable bonds is 5. The van der Waals surface area contributed by atoms with Crippen LogP contribution in [0.5, 0.6) is 0 Å². The number of hydrogen-bond donors (Lipinski definition) is 2. The van der Waals surface area contributed by atoms with Crippen molar-refractivity contribution in [1.82, 2.24) is 15.5 Å². The first-order valence-corrected chi connectivity index (χ1v) is 7.04. The fourth-order valence-electron chi connectivity index (χ4n) is 2.32. The number of piperidine rings is 1. The van der Waals surface area contributed by atoms with Crippen LogP contribution in [0.1, 0.15) is 33.6 Å². The molecule has 0 aromatic heterocycles. The first-order valence-electron chi connectivity index (χ1n) is 7.04. The summed E-state index contributed by atoms with van der Waals surface area (Å²) in [5, 5.41) is 6.55. The van der Waals surface area contributed by atoms with Gasteiger partial charge < -0.3 is 15.5 Å². The van der Waals surface area contributed by atoms with Crippen LogP contribution in [0.15, 0.2) is 4.99 Å². The Morgan fingerprint density at radius 3 is 2.44 bits per heavy atom. The van der Waals surface area contributed by atoms with E-state index in [4.69, 9.17) is 0 Å². The van der Waals surface area contributed by atoms with Crippen LogP contribution in [0.4, 0.5) is 0 Å². The Morgan fingerprint density at radius 1 is 1.22 bits per heavy atom. The Morgan fingerprint density at radius 2 is 1.89 bits per heavy atom. The lowest BCUT2D eigenvalue weighted by Gasteiger charge is -2.31. The Bertz CT molecular complexity index is 225. The van der Waals surface area contributed by atoms with Crippen molar-refractivity contribution in [2.75, 3.05) is 39.3 Å². The minimum Gasteiger partial charge on any atom is -0.357 e. The van der Waals surface area contributed by atoms with Crippen molar-refractivity contribution in [3.8, 4) is 0 Å². The van der Waals surface area contributed by atoms with E-state index in [-0.39, 0.29) is 24.0 Å². The van der Waals surface area contributed by atoms with Gasteiger partial charge in [-0.1, -0.05) is 6.92 Å². The summed E-state index contributed by atoms with van der Waals surface area (Å²) >= 11 is 0. The number of likely N-dealkylation sites (tertiary alicyclic amines) is 1. The lowest BCUT2D eigenvalue weighted by Crippen LogP contribution is -2.39. The summed E-state index contributed by atoms with van der Waals surface area (Å²) in [4.78, 5) is 7.19. The topological polar surface area (TPSA) is 39.7 Å². The third kappa shape index (κ3) is 6.78. The number of nitrogens with zero attached hydrogens (tertiary/aromatic N) is 2. The van der Waals surface area contributed by atoms with E-state index >= 15 is 0 Å². The van der Waals surface area contributed by atoms with Gasteiger partial charge in [0.1, 0.15) is 0 Å². The quantitative estimate of drug-likeness (QED) is 0.443. The van der Waals surface area contributed by atoms with Gasteiger partial charge in [-0.2, -0.15) is 0 Å². The van der Waals surface area contributed by atoms with Crippen molar-refractivity contribution in [2.45, 2.75) is 33.6 Å². The van der Waals surface area contributed by atoms with Crippen LogP contribution in [-0.4, -0.2) is 50.1 Å². The van der Waals surface area contributed by atoms with E-state index in [0.717, 1.165) is 31.5 Å². The fraction of sp³-hybridized carbons (Fsp3) is 0.923. The third-order valence-corrected chi connectivity index (χ3v) is 3.25. The molecule has 18 heavy (non-hydrogen) atoms. The van der Waals surface area contributed by atoms with E-state index in [9.17, 15) is 0 Å². The minimum atomic E-state index is 0. The first kappa shape index (κ1) is 18.0. The molecule has 0 radical (unpaired) electrons. The van der Waals surface area contributed by atoms with E-state index in [2.05, 4.69) is 41.3 Å². The number of nitrogens with one attached hydrogen (secondary N) is 2. The standard InChI is InChI=1S/C13H28N4.HI/c1-4-14-13(15-5-2)16-10-12-8-7-9-17(6-3)11-12;/h12H,4-11H2,1-3H3,(H2,14,15,16);1H. The molecule has 2 N–H and O–H groups in total. The smallest absolute Gasteiger partial charge is 0.191 e. The fourth-order valence-corrected chi connectivity index (χ4v) is 2.32. The average molecular weight is 368 g/mol. The molecule has 1 rings (SSSR count). The zero-order chi connectivity index (χ0) is 12.5. The van der Waals surface area contributed by atoms with Crippen molar-refractivity contribution in [1.29, 1.82) is 0 Å². The lowest BCUT2D eigenvalue weighted by molar-refractivity contribution is 0.186. The summed E-state index contributed by atoms with van der Waals surface area (Å²) in [6, 6.07) is 0. The molecule has 108 valence electrons. The second-order valence-electron chi connectivity index (χ2n) is 4.65. The van der Waals surface area contributed by atoms with Gasteiger partial charge in [0.25, 0.3) is 0 Å². The monoisotopic (exact) mass is 368 g/mol. The molecule has 0 amide bonds. The van der Waals surface area contributed by atoms with Gasteiger partial charge in [-0.15, -0.1) is 24.0 Å². The maximum absolute atomic E-state index is 4.66. The molecule has 0 aromatic rings. The summed E-state index contributed by atoms with van der Waals surface area (Å²) in [6.45, 7) is 12.9. The highest BCUT2D eigenvalue weighted by atomic mass is 127. The zero-order valence-electron chi connectivity index (χ0n) is 12.0. The Hall–Kier alpha value is -0.0400. The molecule has 0 aliphatic carbocycles. The lowest BCUT2D eigenvalue weighted by atomic mass is 9.98. The molecule has 0 saturated carbocycles. The van der Waals surface area contributed by atoms with Crippen LogP contribution in [0.2, 0.25) is 0 Å². The van der Waals surface area contributed by atoms with Crippen molar-refractivity contribution >= 4 is 29.9 Å². The molecule has 1 saturated heterocycles. The van der Waals surface area contributed by atoms with E-state index in [0.29, 0.717) is 0 Å². The number of guanidine groups is 1. The van der Waals surface area contributed by atoms with Gasteiger partial charge >= 0.3 is 0 Å². The van der Waals surface area contributed by atoms with E-state index in [1.165, 1.54) is 32.5 Å².